The van der Waals surface area contributed by atoms with Crippen LogP contribution in [0.25, 0.3) is 0 Å². The van der Waals surface area contributed by atoms with E-state index in [1.54, 1.807) is 0 Å². The van der Waals surface area contributed by atoms with Crippen LogP contribution in [0.5, 0.6) is 0 Å². The molecular weight excluding hydrogens is 376 g/mol. The molecule has 0 N–H and O–H groups in total. The third-order valence-electron chi connectivity index (χ3n) is 6.39. The fourth-order valence-corrected chi connectivity index (χ4v) is 4.19. The lowest BCUT2D eigenvalue weighted by molar-refractivity contribution is -0.170. The van der Waals surface area contributed by atoms with Gasteiger partial charge in [0.15, 0.2) is 11.9 Å². The lowest BCUT2D eigenvalue weighted by Gasteiger charge is -2.17. The lowest BCUT2D eigenvalue weighted by atomic mass is 9.91. The van der Waals surface area contributed by atoms with Crippen LogP contribution in [-0.2, 0) is 19.0 Å². The van der Waals surface area contributed by atoms with Crippen LogP contribution >= 0.6 is 0 Å². The maximum atomic E-state index is 12.0. The van der Waals surface area contributed by atoms with Gasteiger partial charge in [0.2, 0.25) is 0 Å². The summed E-state index contributed by atoms with van der Waals surface area (Å²) in [5.74, 6) is 2.16. The fourth-order valence-electron chi connectivity index (χ4n) is 4.19. The van der Waals surface area contributed by atoms with Gasteiger partial charge in [-0.3, -0.25) is 0 Å². The summed E-state index contributed by atoms with van der Waals surface area (Å²) in [7, 11) is 0. The van der Waals surface area contributed by atoms with Gasteiger partial charge in [-0.2, -0.15) is 0 Å². The second-order valence-corrected chi connectivity index (χ2v) is 10.8. The van der Waals surface area contributed by atoms with Gasteiger partial charge in [-0.15, -0.1) is 0 Å². The second-order valence-electron chi connectivity index (χ2n) is 10.8. The Labute approximate surface area is 186 Å². The Bertz CT molecular complexity index is 460. The van der Waals surface area contributed by atoms with E-state index in [1.165, 1.54) is 57.8 Å². The smallest absolute Gasteiger partial charge is 0.337 e. The molecule has 0 aliphatic carbocycles. The van der Waals surface area contributed by atoms with Crippen molar-refractivity contribution in [3.8, 4) is 0 Å². The Morgan fingerprint density at radius 2 is 1.30 bits per heavy atom. The van der Waals surface area contributed by atoms with E-state index in [4.69, 9.17) is 14.2 Å². The van der Waals surface area contributed by atoms with Crippen LogP contribution in [0.4, 0.5) is 0 Å². The molecule has 4 nitrogen and oxygen atoms in total. The van der Waals surface area contributed by atoms with E-state index in [9.17, 15) is 4.79 Å². The zero-order valence-corrected chi connectivity index (χ0v) is 21.0. The molecule has 1 rings (SSSR count). The van der Waals surface area contributed by atoms with Crippen LogP contribution < -0.4 is 0 Å². The topological polar surface area (TPSA) is 44.8 Å². The third kappa shape index (κ3) is 12.9. The minimum absolute atomic E-state index is 0.288. The molecule has 4 atom stereocenters. The Balaban J connectivity index is 2.00. The molecule has 0 radical (unpaired) electrons. The van der Waals surface area contributed by atoms with E-state index >= 15 is 0 Å². The summed E-state index contributed by atoms with van der Waals surface area (Å²) in [6, 6.07) is 0. The monoisotopic (exact) mass is 426 g/mol. The molecule has 4 heteroatoms. The molecular formula is C26H50O4. The van der Waals surface area contributed by atoms with Crippen molar-refractivity contribution in [2.75, 3.05) is 13.2 Å². The van der Waals surface area contributed by atoms with Crippen molar-refractivity contribution in [1.29, 1.82) is 0 Å². The maximum Gasteiger partial charge on any atom is 0.337 e. The van der Waals surface area contributed by atoms with Gasteiger partial charge in [0, 0.05) is 0 Å². The zero-order valence-electron chi connectivity index (χ0n) is 21.0. The first-order valence-electron chi connectivity index (χ1n) is 12.6. The number of esters is 1. The molecule has 1 heterocycles. The van der Waals surface area contributed by atoms with Crippen LogP contribution in [0.3, 0.4) is 0 Å². The number of hydrogen-bond donors (Lipinski definition) is 0. The first-order chi connectivity index (χ1) is 14.1. The van der Waals surface area contributed by atoms with E-state index < -0.39 is 11.9 Å². The number of carbonyl (C=O) groups excluding carboxylic acids is 1. The van der Waals surface area contributed by atoms with Gasteiger partial charge in [-0.25, -0.2) is 4.79 Å². The highest BCUT2D eigenvalue weighted by Gasteiger charge is 2.37. The number of ether oxygens (including phenoxy) is 3. The molecule has 0 aromatic rings. The predicted octanol–water partition coefficient (Wildman–Crippen LogP) is 7.15. The minimum atomic E-state index is -0.681. The van der Waals surface area contributed by atoms with E-state index in [0.29, 0.717) is 12.5 Å². The molecule has 0 aromatic heterocycles. The summed E-state index contributed by atoms with van der Waals surface area (Å²) in [6.45, 7) is 16.1. The van der Waals surface area contributed by atoms with Crippen molar-refractivity contribution in [2.24, 2.45) is 23.7 Å². The van der Waals surface area contributed by atoms with Crippen LogP contribution in [0.15, 0.2) is 0 Å². The van der Waals surface area contributed by atoms with Gasteiger partial charge in [-0.1, -0.05) is 92.4 Å². The highest BCUT2D eigenvalue weighted by molar-refractivity contribution is 5.75. The van der Waals surface area contributed by atoms with Crippen LogP contribution in [0.2, 0.25) is 0 Å². The molecule has 30 heavy (non-hydrogen) atoms. The normalized spacial score (nSPS) is 21.5. The Morgan fingerprint density at radius 3 is 1.73 bits per heavy atom. The first kappa shape index (κ1) is 27.4. The summed E-state index contributed by atoms with van der Waals surface area (Å²) in [5, 5.41) is 0. The summed E-state index contributed by atoms with van der Waals surface area (Å²) in [6.07, 6.45) is 12.4. The molecule has 0 amide bonds. The van der Waals surface area contributed by atoms with Gasteiger partial charge in [0.1, 0.15) is 0 Å². The van der Waals surface area contributed by atoms with Gasteiger partial charge in [0.05, 0.1) is 13.2 Å². The highest BCUT2D eigenvalue weighted by Crippen LogP contribution is 2.24. The van der Waals surface area contributed by atoms with Gasteiger partial charge < -0.3 is 14.2 Å². The van der Waals surface area contributed by atoms with E-state index in [-0.39, 0.29) is 12.6 Å². The van der Waals surface area contributed by atoms with Crippen molar-refractivity contribution in [1.82, 2.24) is 0 Å². The highest BCUT2D eigenvalue weighted by atomic mass is 16.8. The fraction of sp³-hybridized carbons (Fsp3) is 0.962. The Morgan fingerprint density at radius 1 is 0.833 bits per heavy atom. The Hall–Kier alpha value is -0.610. The molecule has 178 valence electrons. The SMILES string of the molecule is CC(C)CCCC(C)CCCC(C)CCCC(C)CCOC(=O)C1COC(C)(C)O1. The Kier molecular flexibility index (Phi) is 13.2. The molecule has 0 aromatic carbocycles. The van der Waals surface area contributed by atoms with Crippen LogP contribution in [0, 0.1) is 23.7 Å². The molecule has 0 bridgehead atoms. The van der Waals surface area contributed by atoms with Crippen molar-refractivity contribution in [3.63, 3.8) is 0 Å². The third-order valence-corrected chi connectivity index (χ3v) is 6.39. The van der Waals surface area contributed by atoms with Crippen molar-refractivity contribution >= 4 is 5.97 Å². The minimum Gasteiger partial charge on any atom is -0.464 e. The zero-order chi connectivity index (χ0) is 22.6. The van der Waals surface area contributed by atoms with E-state index in [0.717, 1.165) is 24.2 Å². The molecule has 4 unspecified atom stereocenters. The number of hydrogen-bond acceptors (Lipinski definition) is 4. The number of rotatable bonds is 16. The molecule has 1 saturated heterocycles. The van der Waals surface area contributed by atoms with Crippen molar-refractivity contribution in [3.05, 3.63) is 0 Å². The summed E-state index contributed by atoms with van der Waals surface area (Å²) >= 11 is 0. The van der Waals surface area contributed by atoms with Gasteiger partial charge in [0.25, 0.3) is 0 Å². The second kappa shape index (κ2) is 14.5. The quantitative estimate of drug-likeness (QED) is 0.246. The maximum absolute atomic E-state index is 12.0. The largest absolute Gasteiger partial charge is 0.464 e. The predicted molar refractivity (Wildman–Crippen MR) is 124 cm³/mol. The molecule has 1 aliphatic rings. The van der Waals surface area contributed by atoms with Gasteiger partial charge >= 0.3 is 5.97 Å². The molecule has 0 spiro atoms. The first-order valence-corrected chi connectivity index (χ1v) is 12.6. The van der Waals surface area contributed by atoms with Gasteiger partial charge in [-0.05, 0) is 43.9 Å². The summed E-state index contributed by atoms with van der Waals surface area (Å²) in [5.41, 5.74) is 0. The average molecular weight is 427 g/mol. The number of carbonyl (C=O) groups is 1. The van der Waals surface area contributed by atoms with Crippen LogP contribution in [-0.4, -0.2) is 31.1 Å². The summed E-state index contributed by atoms with van der Waals surface area (Å²) < 4.78 is 16.3. The van der Waals surface area contributed by atoms with E-state index in [2.05, 4.69) is 34.6 Å². The standard InChI is InChI=1S/C26H50O4/c1-20(2)11-8-12-21(3)13-9-14-22(4)15-10-16-23(5)17-18-28-25(27)24-19-29-26(6,7)30-24/h20-24H,8-19H2,1-7H3. The van der Waals surface area contributed by atoms with Crippen molar-refractivity contribution < 1.29 is 19.0 Å². The molecule has 0 saturated carbocycles. The average Bonchev–Trinajstić information content (AvgIpc) is 3.01. The van der Waals surface area contributed by atoms with Crippen LogP contribution in [0.1, 0.15) is 113 Å². The van der Waals surface area contributed by atoms with E-state index in [1.807, 2.05) is 13.8 Å². The van der Waals surface area contributed by atoms with Crippen molar-refractivity contribution in [2.45, 2.75) is 125 Å². The molecule has 1 fully saturated rings. The summed E-state index contributed by atoms with van der Waals surface area (Å²) in [4.78, 5) is 12.0. The molecule has 1 aliphatic heterocycles. The lowest BCUT2D eigenvalue weighted by Crippen LogP contribution is -2.29.